The summed E-state index contributed by atoms with van der Waals surface area (Å²) in [7, 11) is 0. The molecule has 0 aliphatic rings. The first-order valence-corrected chi connectivity index (χ1v) is 5.75. The monoisotopic (exact) mass is 198 g/mol. The molecule has 0 aliphatic carbocycles. The van der Waals surface area contributed by atoms with Crippen LogP contribution < -0.4 is 5.32 Å². The number of rotatable bonds is 5. The van der Waals surface area contributed by atoms with Crippen molar-refractivity contribution in [2.75, 3.05) is 6.54 Å². The number of hydrogen-bond donors (Lipinski definition) is 1. The topological polar surface area (TPSA) is 24.9 Å². The standard InChI is InChI=1S/C10H18N2S/c1-4-6-10-12-8(3)9(13-10)7-11-5-2/h11H,4-7H2,1-3H3. The van der Waals surface area contributed by atoms with Crippen molar-refractivity contribution in [2.24, 2.45) is 0 Å². The SMILES string of the molecule is CCCc1nc(C)c(CNCC)s1. The Bertz CT molecular complexity index is 255. The third-order valence-electron chi connectivity index (χ3n) is 1.94. The maximum atomic E-state index is 4.53. The summed E-state index contributed by atoms with van der Waals surface area (Å²) in [6, 6.07) is 0. The van der Waals surface area contributed by atoms with E-state index in [0.717, 1.165) is 19.5 Å². The molecular weight excluding hydrogens is 180 g/mol. The van der Waals surface area contributed by atoms with Crippen LogP contribution in [0.25, 0.3) is 0 Å². The van der Waals surface area contributed by atoms with Crippen LogP contribution in [0.3, 0.4) is 0 Å². The second-order valence-corrected chi connectivity index (χ2v) is 4.31. The zero-order valence-corrected chi connectivity index (χ0v) is 9.50. The Morgan fingerprint density at radius 1 is 1.38 bits per heavy atom. The first kappa shape index (κ1) is 10.7. The van der Waals surface area contributed by atoms with Gasteiger partial charge in [-0.15, -0.1) is 11.3 Å². The summed E-state index contributed by atoms with van der Waals surface area (Å²) in [5.74, 6) is 0. The molecule has 0 unspecified atom stereocenters. The van der Waals surface area contributed by atoms with E-state index in [0.29, 0.717) is 0 Å². The van der Waals surface area contributed by atoms with Gasteiger partial charge < -0.3 is 5.32 Å². The molecule has 1 heterocycles. The average molecular weight is 198 g/mol. The molecule has 1 aromatic rings. The van der Waals surface area contributed by atoms with Crippen LogP contribution in [0.1, 0.15) is 35.8 Å². The fourth-order valence-corrected chi connectivity index (χ4v) is 2.35. The van der Waals surface area contributed by atoms with Crippen LogP contribution >= 0.6 is 11.3 Å². The van der Waals surface area contributed by atoms with Crippen LogP contribution in [-0.2, 0) is 13.0 Å². The van der Waals surface area contributed by atoms with Crippen molar-refractivity contribution < 1.29 is 0 Å². The molecule has 1 N–H and O–H groups in total. The van der Waals surface area contributed by atoms with Crippen LogP contribution in [0.15, 0.2) is 0 Å². The number of aromatic nitrogens is 1. The maximum Gasteiger partial charge on any atom is 0.0931 e. The molecule has 0 aromatic carbocycles. The summed E-state index contributed by atoms with van der Waals surface area (Å²) in [6.07, 6.45) is 2.31. The zero-order chi connectivity index (χ0) is 9.68. The van der Waals surface area contributed by atoms with Crippen molar-refractivity contribution >= 4 is 11.3 Å². The number of nitrogens with zero attached hydrogens (tertiary/aromatic N) is 1. The molecule has 74 valence electrons. The van der Waals surface area contributed by atoms with Gasteiger partial charge in [0.05, 0.1) is 10.7 Å². The van der Waals surface area contributed by atoms with Gasteiger partial charge in [-0.2, -0.15) is 0 Å². The van der Waals surface area contributed by atoms with Crippen molar-refractivity contribution in [3.05, 3.63) is 15.6 Å². The minimum absolute atomic E-state index is 0.976. The molecule has 0 saturated carbocycles. The summed E-state index contributed by atoms with van der Waals surface area (Å²) < 4.78 is 0. The van der Waals surface area contributed by atoms with Crippen molar-refractivity contribution in [1.82, 2.24) is 10.3 Å². The van der Waals surface area contributed by atoms with Gasteiger partial charge >= 0.3 is 0 Å². The summed E-state index contributed by atoms with van der Waals surface area (Å²) in [5.41, 5.74) is 1.20. The predicted octanol–water partition coefficient (Wildman–Crippen LogP) is 2.51. The Kier molecular flexibility index (Phi) is 4.39. The van der Waals surface area contributed by atoms with E-state index in [2.05, 4.69) is 31.1 Å². The fraction of sp³-hybridized carbons (Fsp3) is 0.700. The normalized spacial score (nSPS) is 10.7. The second-order valence-electron chi connectivity index (χ2n) is 3.15. The lowest BCUT2D eigenvalue weighted by molar-refractivity contribution is 0.730. The quantitative estimate of drug-likeness (QED) is 0.786. The molecule has 0 aliphatic heterocycles. The molecule has 0 spiro atoms. The summed E-state index contributed by atoms with van der Waals surface area (Å²) >= 11 is 1.85. The molecule has 0 saturated heterocycles. The van der Waals surface area contributed by atoms with Gasteiger partial charge in [0.2, 0.25) is 0 Å². The number of thiazole rings is 1. The molecule has 0 fully saturated rings. The van der Waals surface area contributed by atoms with Gasteiger partial charge in [-0.05, 0) is 26.3 Å². The summed E-state index contributed by atoms with van der Waals surface area (Å²) in [5, 5.41) is 4.62. The Hall–Kier alpha value is -0.410. The van der Waals surface area contributed by atoms with E-state index < -0.39 is 0 Å². The van der Waals surface area contributed by atoms with Gasteiger partial charge in [0, 0.05) is 11.4 Å². The van der Waals surface area contributed by atoms with Crippen LogP contribution in [-0.4, -0.2) is 11.5 Å². The Morgan fingerprint density at radius 2 is 2.15 bits per heavy atom. The van der Waals surface area contributed by atoms with E-state index in [-0.39, 0.29) is 0 Å². The number of hydrogen-bond acceptors (Lipinski definition) is 3. The highest BCUT2D eigenvalue weighted by Gasteiger charge is 2.05. The lowest BCUT2D eigenvalue weighted by Crippen LogP contribution is -2.11. The molecule has 0 radical (unpaired) electrons. The maximum absolute atomic E-state index is 4.53. The molecular formula is C10H18N2S. The third kappa shape index (κ3) is 3.08. The van der Waals surface area contributed by atoms with E-state index >= 15 is 0 Å². The van der Waals surface area contributed by atoms with E-state index in [1.165, 1.54) is 22.0 Å². The molecule has 2 nitrogen and oxygen atoms in total. The molecule has 3 heteroatoms. The summed E-state index contributed by atoms with van der Waals surface area (Å²) in [4.78, 5) is 5.93. The van der Waals surface area contributed by atoms with E-state index in [9.17, 15) is 0 Å². The number of aryl methyl sites for hydroxylation is 2. The van der Waals surface area contributed by atoms with E-state index in [4.69, 9.17) is 0 Å². The lowest BCUT2D eigenvalue weighted by Gasteiger charge is -1.97. The van der Waals surface area contributed by atoms with Gasteiger partial charge in [-0.25, -0.2) is 4.98 Å². The van der Waals surface area contributed by atoms with Gasteiger partial charge in [0.25, 0.3) is 0 Å². The molecule has 1 rings (SSSR count). The van der Waals surface area contributed by atoms with Crippen LogP contribution in [0.5, 0.6) is 0 Å². The van der Waals surface area contributed by atoms with Crippen LogP contribution in [0.2, 0.25) is 0 Å². The van der Waals surface area contributed by atoms with Crippen molar-refractivity contribution in [1.29, 1.82) is 0 Å². The molecule has 0 bridgehead atoms. The summed E-state index contributed by atoms with van der Waals surface area (Å²) in [6.45, 7) is 8.43. The Morgan fingerprint density at radius 3 is 2.77 bits per heavy atom. The molecule has 13 heavy (non-hydrogen) atoms. The Labute approximate surface area is 84.4 Å². The predicted molar refractivity (Wildman–Crippen MR) is 58.2 cm³/mol. The first-order valence-electron chi connectivity index (χ1n) is 4.93. The molecule has 0 amide bonds. The fourth-order valence-electron chi connectivity index (χ4n) is 1.21. The molecule has 1 aromatic heterocycles. The van der Waals surface area contributed by atoms with Crippen LogP contribution in [0, 0.1) is 6.92 Å². The van der Waals surface area contributed by atoms with Crippen molar-refractivity contribution in [2.45, 2.75) is 40.2 Å². The minimum atomic E-state index is 0.976. The highest BCUT2D eigenvalue weighted by molar-refractivity contribution is 7.11. The minimum Gasteiger partial charge on any atom is -0.312 e. The lowest BCUT2D eigenvalue weighted by atomic mass is 10.3. The first-order chi connectivity index (χ1) is 6.27. The largest absolute Gasteiger partial charge is 0.312 e. The van der Waals surface area contributed by atoms with Gasteiger partial charge in [0.1, 0.15) is 0 Å². The second kappa shape index (κ2) is 5.35. The van der Waals surface area contributed by atoms with Gasteiger partial charge in [0.15, 0.2) is 0 Å². The van der Waals surface area contributed by atoms with Crippen molar-refractivity contribution in [3.8, 4) is 0 Å². The van der Waals surface area contributed by atoms with E-state index in [1.807, 2.05) is 11.3 Å². The highest BCUT2D eigenvalue weighted by Crippen LogP contribution is 2.18. The average Bonchev–Trinajstić information content (AvgIpc) is 2.44. The third-order valence-corrected chi connectivity index (χ3v) is 3.15. The van der Waals surface area contributed by atoms with Gasteiger partial charge in [-0.1, -0.05) is 13.8 Å². The number of nitrogens with one attached hydrogen (secondary N) is 1. The highest BCUT2D eigenvalue weighted by atomic mass is 32.1. The van der Waals surface area contributed by atoms with Gasteiger partial charge in [-0.3, -0.25) is 0 Å². The molecule has 0 atom stereocenters. The van der Waals surface area contributed by atoms with Crippen LogP contribution in [0.4, 0.5) is 0 Å². The smallest absolute Gasteiger partial charge is 0.0931 e. The van der Waals surface area contributed by atoms with E-state index in [1.54, 1.807) is 0 Å². The van der Waals surface area contributed by atoms with Crippen molar-refractivity contribution in [3.63, 3.8) is 0 Å². The Balaban J connectivity index is 2.60. The zero-order valence-electron chi connectivity index (χ0n) is 8.68.